The zero-order valence-electron chi connectivity index (χ0n) is 11.0. The zero-order chi connectivity index (χ0) is 14.4. The SMILES string of the molecule is O=C(N[C@@H]1CC=CC[C@H]1C(=O)O)OCc1ccccc1. The van der Waals surface area contributed by atoms with Crippen molar-refractivity contribution in [2.75, 3.05) is 0 Å². The minimum absolute atomic E-state index is 0.174. The summed E-state index contributed by atoms with van der Waals surface area (Å²) in [6.45, 7) is 0.174. The first kappa shape index (κ1) is 14.1. The number of alkyl carbamates (subject to hydrolysis) is 1. The van der Waals surface area contributed by atoms with Crippen LogP contribution in [0.5, 0.6) is 0 Å². The third kappa shape index (κ3) is 3.85. The highest BCUT2D eigenvalue weighted by molar-refractivity contribution is 5.74. The van der Waals surface area contributed by atoms with Crippen LogP contribution in [0.2, 0.25) is 0 Å². The molecule has 20 heavy (non-hydrogen) atoms. The van der Waals surface area contributed by atoms with Crippen molar-refractivity contribution >= 4 is 12.1 Å². The summed E-state index contributed by atoms with van der Waals surface area (Å²) in [6.07, 6.45) is 4.06. The molecule has 2 atom stereocenters. The van der Waals surface area contributed by atoms with Crippen molar-refractivity contribution in [1.82, 2.24) is 5.32 Å². The Morgan fingerprint density at radius 2 is 1.90 bits per heavy atom. The van der Waals surface area contributed by atoms with Gasteiger partial charge in [-0.25, -0.2) is 4.79 Å². The molecular formula is C15H17NO4. The number of nitrogens with one attached hydrogen (secondary N) is 1. The van der Waals surface area contributed by atoms with E-state index in [1.54, 1.807) is 0 Å². The largest absolute Gasteiger partial charge is 0.481 e. The summed E-state index contributed by atoms with van der Waals surface area (Å²) in [7, 11) is 0. The fourth-order valence-corrected chi connectivity index (χ4v) is 2.16. The first-order chi connectivity index (χ1) is 9.66. The Labute approximate surface area is 117 Å². The van der Waals surface area contributed by atoms with Crippen molar-refractivity contribution in [3.05, 3.63) is 48.0 Å². The van der Waals surface area contributed by atoms with Crippen molar-refractivity contribution in [3.8, 4) is 0 Å². The molecular weight excluding hydrogens is 258 g/mol. The maximum atomic E-state index is 11.7. The van der Waals surface area contributed by atoms with E-state index < -0.39 is 24.0 Å². The molecule has 1 amide bonds. The number of ether oxygens (including phenoxy) is 1. The van der Waals surface area contributed by atoms with Crippen LogP contribution in [0.3, 0.4) is 0 Å². The van der Waals surface area contributed by atoms with Gasteiger partial charge in [0.25, 0.3) is 0 Å². The van der Waals surface area contributed by atoms with E-state index in [2.05, 4.69) is 5.32 Å². The van der Waals surface area contributed by atoms with Crippen LogP contribution in [0, 0.1) is 5.92 Å². The topological polar surface area (TPSA) is 75.6 Å². The van der Waals surface area contributed by atoms with Crippen LogP contribution in [-0.2, 0) is 16.1 Å². The Morgan fingerprint density at radius 1 is 1.20 bits per heavy atom. The number of hydrogen-bond acceptors (Lipinski definition) is 3. The Hall–Kier alpha value is -2.30. The molecule has 1 aromatic rings. The van der Waals surface area contributed by atoms with Crippen molar-refractivity contribution < 1.29 is 19.4 Å². The van der Waals surface area contributed by atoms with Gasteiger partial charge in [0, 0.05) is 6.04 Å². The number of carboxylic acid groups (broad SMARTS) is 1. The Morgan fingerprint density at radius 3 is 2.60 bits per heavy atom. The van der Waals surface area contributed by atoms with Crippen LogP contribution in [-0.4, -0.2) is 23.2 Å². The summed E-state index contributed by atoms with van der Waals surface area (Å²) in [5, 5.41) is 11.7. The van der Waals surface area contributed by atoms with Gasteiger partial charge >= 0.3 is 12.1 Å². The molecule has 5 heteroatoms. The molecule has 106 valence electrons. The quantitative estimate of drug-likeness (QED) is 0.827. The van der Waals surface area contributed by atoms with E-state index in [-0.39, 0.29) is 6.61 Å². The van der Waals surface area contributed by atoms with Crippen molar-refractivity contribution in [1.29, 1.82) is 0 Å². The zero-order valence-corrected chi connectivity index (χ0v) is 11.0. The molecule has 0 aromatic heterocycles. The highest BCUT2D eigenvalue weighted by Gasteiger charge is 2.30. The molecule has 0 saturated carbocycles. The fourth-order valence-electron chi connectivity index (χ4n) is 2.16. The van der Waals surface area contributed by atoms with Gasteiger partial charge in [-0.15, -0.1) is 0 Å². The molecule has 2 rings (SSSR count). The first-order valence-corrected chi connectivity index (χ1v) is 6.52. The lowest BCUT2D eigenvalue weighted by Gasteiger charge is -2.25. The number of amides is 1. The molecule has 0 radical (unpaired) electrons. The minimum Gasteiger partial charge on any atom is -0.481 e. The highest BCUT2D eigenvalue weighted by atomic mass is 16.5. The van der Waals surface area contributed by atoms with Gasteiger partial charge in [-0.3, -0.25) is 4.79 Å². The number of carbonyl (C=O) groups excluding carboxylic acids is 1. The molecule has 5 nitrogen and oxygen atoms in total. The first-order valence-electron chi connectivity index (χ1n) is 6.52. The van der Waals surface area contributed by atoms with Gasteiger partial charge in [0.2, 0.25) is 0 Å². The van der Waals surface area contributed by atoms with E-state index in [0.29, 0.717) is 12.8 Å². The third-order valence-electron chi connectivity index (χ3n) is 3.27. The molecule has 1 aromatic carbocycles. The summed E-state index contributed by atoms with van der Waals surface area (Å²) in [4.78, 5) is 22.8. The maximum Gasteiger partial charge on any atom is 0.407 e. The Balaban J connectivity index is 1.84. The van der Waals surface area contributed by atoms with Gasteiger partial charge in [-0.1, -0.05) is 42.5 Å². The molecule has 0 aliphatic heterocycles. The number of rotatable bonds is 4. The van der Waals surface area contributed by atoms with Crippen LogP contribution < -0.4 is 5.32 Å². The molecule has 0 fully saturated rings. The second kappa shape index (κ2) is 6.75. The van der Waals surface area contributed by atoms with Crippen LogP contribution in [0.4, 0.5) is 4.79 Å². The van der Waals surface area contributed by atoms with Gasteiger partial charge < -0.3 is 15.2 Å². The smallest absolute Gasteiger partial charge is 0.407 e. The molecule has 1 aliphatic rings. The number of aliphatic carboxylic acids is 1. The molecule has 0 saturated heterocycles. The second-order valence-corrected chi connectivity index (χ2v) is 4.70. The van der Waals surface area contributed by atoms with Crippen LogP contribution in [0.15, 0.2) is 42.5 Å². The van der Waals surface area contributed by atoms with Gasteiger partial charge in [0.05, 0.1) is 5.92 Å². The summed E-state index contributed by atoms with van der Waals surface area (Å²) in [6, 6.07) is 8.91. The van der Waals surface area contributed by atoms with Crippen molar-refractivity contribution in [3.63, 3.8) is 0 Å². The molecule has 0 spiro atoms. The van der Waals surface area contributed by atoms with Crippen molar-refractivity contribution in [2.24, 2.45) is 5.92 Å². The van der Waals surface area contributed by atoms with Crippen LogP contribution in [0.25, 0.3) is 0 Å². The number of carboxylic acids is 1. The number of allylic oxidation sites excluding steroid dienone is 1. The van der Waals surface area contributed by atoms with E-state index >= 15 is 0 Å². The maximum absolute atomic E-state index is 11.7. The Bertz CT molecular complexity index is 498. The predicted molar refractivity (Wildman–Crippen MR) is 73.1 cm³/mol. The average molecular weight is 275 g/mol. The molecule has 0 bridgehead atoms. The summed E-state index contributed by atoms with van der Waals surface area (Å²) in [5.74, 6) is -1.49. The lowest BCUT2D eigenvalue weighted by atomic mass is 9.89. The molecule has 0 unspecified atom stereocenters. The van der Waals surface area contributed by atoms with Gasteiger partial charge in [0.15, 0.2) is 0 Å². The fraction of sp³-hybridized carbons (Fsp3) is 0.333. The monoisotopic (exact) mass is 275 g/mol. The van der Waals surface area contributed by atoms with Gasteiger partial charge in [0.1, 0.15) is 6.61 Å². The van der Waals surface area contributed by atoms with E-state index in [1.807, 2.05) is 42.5 Å². The summed E-state index contributed by atoms with van der Waals surface area (Å²) in [5.41, 5.74) is 0.890. The van der Waals surface area contributed by atoms with E-state index in [9.17, 15) is 9.59 Å². The predicted octanol–water partition coefficient (Wildman–Crippen LogP) is 2.33. The third-order valence-corrected chi connectivity index (χ3v) is 3.27. The molecule has 1 aliphatic carbocycles. The Kier molecular flexibility index (Phi) is 4.76. The highest BCUT2D eigenvalue weighted by Crippen LogP contribution is 2.19. The van der Waals surface area contributed by atoms with Gasteiger partial charge in [-0.2, -0.15) is 0 Å². The number of hydrogen-bond donors (Lipinski definition) is 2. The van der Waals surface area contributed by atoms with Crippen LogP contribution in [0.1, 0.15) is 18.4 Å². The summed E-state index contributed by atoms with van der Waals surface area (Å²) >= 11 is 0. The van der Waals surface area contributed by atoms with E-state index in [4.69, 9.17) is 9.84 Å². The minimum atomic E-state index is -0.900. The average Bonchev–Trinajstić information content (AvgIpc) is 2.46. The molecule has 0 heterocycles. The van der Waals surface area contributed by atoms with Crippen LogP contribution >= 0.6 is 0 Å². The van der Waals surface area contributed by atoms with E-state index in [1.165, 1.54) is 0 Å². The standard InChI is InChI=1S/C15H17NO4/c17-14(18)12-8-4-5-9-13(12)16-15(19)20-10-11-6-2-1-3-7-11/h1-7,12-13H,8-10H2,(H,16,19)(H,17,18)/t12-,13-/m1/s1. The summed E-state index contributed by atoms with van der Waals surface area (Å²) < 4.78 is 5.09. The lowest BCUT2D eigenvalue weighted by Crippen LogP contribution is -2.44. The lowest BCUT2D eigenvalue weighted by molar-refractivity contribution is -0.142. The van der Waals surface area contributed by atoms with Crippen molar-refractivity contribution in [2.45, 2.75) is 25.5 Å². The normalized spacial score (nSPS) is 21.2. The second-order valence-electron chi connectivity index (χ2n) is 4.70. The van der Waals surface area contributed by atoms with Gasteiger partial charge in [-0.05, 0) is 18.4 Å². The number of benzene rings is 1. The number of carbonyl (C=O) groups is 2. The van der Waals surface area contributed by atoms with E-state index in [0.717, 1.165) is 5.56 Å². The molecule has 2 N–H and O–H groups in total.